The van der Waals surface area contributed by atoms with Gasteiger partial charge in [-0.15, -0.1) is 11.3 Å². The Morgan fingerprint density at radius 3 is 2.27 bits per heavy atom. The minimum Gasteiger partial charge on any atom is -0.393 e. The van der Waals surface area contributed by atoms with Gasteiger partial charge in [0.25, 0.3) is 0 Å². The number of aryl methyl sites for hydroxylation is 1. The van der Waals surface area contributed by atoms with Crippen molar-refractivity contribution in [1.29, 1.82) is 0 Å². The van der Waals surface area contributed by atoms with Crippen LogP contribution in [-0.4, -0.2) is 53.4 Å². The molecule has 5 nitrogen and oxygen atoms in total. The van der Waals surface area contributed by atoms with Crippen molar-refractivity contribution in [3.05, 3.63) is 40.2 Å². The lowest BCUT2D eigenvalue weighted by molar-refractivity contribution is -0.109. The number of carbonyl (C=O) groups excluding carboxylic acids is 1. The molecule has 1 unspecified atom stereocenters. The van der Waals surface area contributed by atoms with Crippen molar-refractivity contribution in [2.24, 2.45) is 0 Å². The predicted octanol–water partition coefficient (Wildman–Crippen LogP) is 2.82. The molecule has 2 aromatic rings. The highest BCUT2D eigenvalue weighted by Crippen LogP contribution is 2.31. The number of aliphatic hydroxyl groups excluding tert-OH is 1. The molecule has 0 spiro atoms. The maximum Gasteiger partial charge on any atom is 0.207 e. The first-order chi connectivity index (χ1) is 13.8. The number of amides is 1. The van der Waals surface area contributed by atoms with E-state index in [1.165, 1.54) is 0 Å². The van der Waals surface area contributed by atoms with Gasteiger partial charge in [0.2, 0.25) is 6.41 Å². The van der Waals surface area contributed by atoms with Crippen molar-refractivity contribution < 1.29 is 20.1 Å². The molecule has 8 heteroatoms. The van der Waals surface area contributed by atoms with Crippen molar-refractivity contribution in [2.75, 3.05) is 6.54 Å². The van der Waals surface area contributed by atoms with Crippen LogP contribution >= 0.6 is 22.9 Å². The number of hydrogen-bond donors (Lipinski definition) is 4. The zero-order chi connectivity index (χ0) is 22.9. The molecule has 0 fully saturated rings. The summed E-state index contributed by atoms with van der Waals surface area (Å²) in [6, 6.07) is 7.86. The average molecular weight is 452 g/mol. The molecule has 0 saturated carbocycles. The van der Waals surface area contributed by atoms with E-state index in [9.17, 15) is 9.90 Å². The lowest BCUT2D eigenvalue weighted by Crippen LogP contribution is -2.44. The molecule has 0 saturated heterocycles. The van der Waals surface area contributed by atoms with Crippen LogP contribution in [0.2, 0.25) is 5.02 Å². The molecule has 1 amide bonds. The van der Waals surface area contributed by atoms with Crippen molar-refractivity contribution in [2.45, 2.75) is 64.3 Å². The summed E-state index contributed by atoms with van der Waals surface area (Å²) in [7, 11) is 5.74. The Balaban J connectivity index is 0.000000479. The van der Waals surface area contributed by atoms with Gasteiger partial charge in [-0.3, -0.25) is 4.79 Å². The zero-order valence-electron chi connectivity index (χ0n) is 18.0. The second-order valence-corrected chi connectivity index (χ2v) is 9.55. The van der Waals surface area contributed by atoms with E-state index in [2.05, 4.69) is 5.32 Å². The Morgan fingerprint density at radius 1 is 1.17 bits per heavy atom. The minimum absolute atomic E-state index is 0.428. The van der Waals surface area contributed by atoms with Gasteiger partial charge in [-0.05, 0) is 64.0 Å². The maximum absolute atomic E-state index is 10.1. The van der Waals surface area contributed by atoms with Crippen LogP contribution in [0, 0.1) is 0 Å². The Morgan fingerprint density at radius 2 is 1.80 bits per heavy atom. The first-order valence-electron chi connectivity index (χ1n) is 9.77. The summed E-state index contributed by atoms with van der Waals surface area (Å²) in [5, 5.41) is 33.2. The molecule has 2 radical (unpaired) electrons. The third-order valence-corrected chi connectivity index (χ3v) is 6.18. The van der Waals surface area contributed by atoms with Gasteiger partial charge in [-0.2, -0.15) is 0 Å². The average Bonchev–Trinajstić information content (AvgIpc) is 3.05. The monoisotopic (exact) mass is 451 g/mol. The van der Waals surface area contributed by atoms with Gasteiger partial charge in [0.1, 0.15) is 7.85 Å². The van der Waals surface area contributed by atoms with Gasteiger partial charge in [0, 0.05) is 22.0 Å². The highest BCUT2D eigenvalue weighted by atomic mass is 35.5. The first-order valence-corrected chi connectivity index (χ1v) is 11.0. The first kappa shape index (κ1) is 26.7. The van der Waals surface area contributed by atoms with E-state index >= 15 is 0 Å². The number of hydrogen-bond acceptors (Lipinski definition) is 5. The highest BCUT2D eigenvalue weighted by molar-refractivity contribution is 7.14. The second-order valence-electron chi connectivity index (χ2n) is 8.23. The van der Waals surface area contributed by atoms with Gasteiger partial charge < -0.3 is 20.6 Å². The van der Waals surface area contributed by atoms with E-state index in [-0.39, 0.29) is 0 Å². The Labute approximate surface area is 189 Å². The molecule has 2 rings (SSSR count). The number of aliphatic hydroxyl groups is 3. The fourth-order valence-corrected chi connectivity index (χ4v) is 3.39. The lowest BCUT2D eigenvalue weighted by Gasteiger charge is -2.31. The zero-order valence-corrected chi connectivity index (χ0v) is 19.6. The summed E-state index contributed by atoms with van der Waals surface area (Å²) in [6.45, 7) is 6.80. The van der Waals surface area contributed by atoms with Gasteiger partial charge in [-0.25, -0.2) is 0 Å². The number of rotatable bonds is 9. The molecule has 4 N–H and O–H groups in total. The number of carbonyl (C=O) groups is 1. The standard InChI is InChI=1S/C16H17BClNO2S.C6H14O2/c17-12-8-16(22-9-12)14-4-2-11(7-15(14)18)1-3-13(21)5-6-19-10-20;1-5(2,7)6(3,4)8/h2,4,7-10,13,21H,1,3,5-6H2,(H,19,20);7-8H,1-4H3. The second kappa shape index (κ2) is 11.9. The third-order valence-electron chi connectivity index (χ3n) is 4.89. The van der Waals surface area contributed by atoms with Crippen LogP contribution in [0.5, 0.6) is 0 Å². The van der Waals surface area contributed by atoms with E-state index < -0.39 is 17.3 Å². The molecule has 1 atom stereocenters. The van der Waals surface area contributed by atoms with Crippen molar-refractivity contribution in [3.8, 4) is 10.4 Å². The minimum atomic E-state index is -1.01. The van der Waals surface area contributed by atoms with Gasteiger partial charge in [0.05, 0.1) is 17.3 Å². The maximum atomic E-state index is 10.1. The topological polar surface area (TPSA) is 89.8 Å². The molecular weight excluding hydrogens is 421 g/mol. The number of halogens is 1. The van der Waals surface area contributed by atoms with Crippen LogP contribution in [0.3, 0.4) is 0 Å². The van der Waals surface area contributed by atoms with E-state index in [4.69, 9.17) is 29.7 Å². The summed E-state index contributed by atoms with van der Waals surface area (Å²) in [5.74, 6) is 0. The Hall–Kier alpha value is -1.38. The molecule has 1 aromatic heterocycles. The smallest absolute Gasteiger partial charge is 0.207 e. The quantitative estimate of drug-likeness (QED) is 0.268. The van der Waals surface area contributed by atoms with Crippen molar-refractivity contribution >= 4 is 42.7 Å². The van der Waals surface area contributed by atoms with E-state index in [0.717, 1.165) is 27.9 Å². The summed E-state index contributed by atoms with van der Waals surface area (Å²) >= 11 is 7.91. The summed E-state index contributed by atoms with van der Waals surface area (Å²) < 4.78 is 0. The van der Waals surface area contributed by atoms with Crippen LogP contribution in [0.15, 0.2) is 29.6 Å². The molecule has 30 heavy (non-hydrogen) atoms. The van der Waals surface area contributed by atoms with E-state index in [1.54, 1.807) is 39.0 Å². The van der Waals surface area contributed by atoms with Crippen LogP contribution in [0.25, 0.3) is 10.4 Å². The summed E-state index contributed by atoms with van der Waals surface area (Å²) in [5.41, 5.74) is 0.788. The number of nitrogens with one attached hydrogen (secondary N) is 1. The summed E-state index contributed by atoms with van der Waals surface area (Å²) in [4.78, 5) is 11.2. The number of thiophene rings is 1. The molecule has 164 valence electrons. The molecule has 1 heterocycles. The van der Waals surface area contributed by atoms with Crippen LogP contribution < -0.4 is 10.8 Å². The Bertz CT molecular complexity index is 787. The largest absolute Gasteiger partial charge is 0.393 e. The third kappa shape index (κ3) is 9.19. The fraction of sp³-hybridized carbons (Fsp3) is 0.500. The van der Waals surface area contributed by atoms with Crippen LogP contribution in [-0.2, 0) is 11.2 Å². The van der Waals surface area contributed by atoms with Gasteiger partial charge in [-0.1, -0.05) is 35.3 Å². The van der Waals surface area contributed by atoms with Gasteiger partial charge in [0.15, 0.2) is 0 Å². The normalized spacial score (nSPS) is 12.7. The molecule has 0 aliphatic rings. The highest BCUT2D eigenvalue weighted by Gasteiger charge is 2.31. The Kier molecular flexibility index (Phi) is 10.5. The lowest BCUT2D eigenvalue weighted by atomic mass is 9.90. The van der Waals surface area contributed by atoms with Crippen molar-refractivity contribution in [3.63, 3.8) is 0 Å². The van der Waals surface area contributed by atoms with Crippen LogP contribution in [0.1, 0.15) is 46.1 Å². The fourth-order valence-electron chi connectivity index (χ4n) is 2.19. The summed E-state index contributed by atoms with van der Waals surface area (Å²) in [6.07, 6.45) is 2.15. The molecule has 1 aromatic carbocycles. The van der Waals surface area contributed by atoms with Gasteiger partial charge >= 0.3 is 0 Å². The molecule has 0 aliphatic carbocycles. The van der Waals surface area contributed by atoms with E-state index in [0.29, 0.717) is 30.8 Å². The molecular formula is C22H31BClNO4S. The SMILES string of the molecule is CC(C)(O)C(C)(C)O.[B]c1csc(-c2ccc(CCC(O)CCNC=O)cc2Cl)c1. The van der Waals surface area contributed by atoms with E-state index in [1.807, 2.05) is 29.6 Å². The van der Waals surface area contributed by atoms with Crippen LogP contribution in [0.4, 0.5) is 0 Å². The predicted molar refractivity (Wildman–Crippen MR) is 126 cm³/mol. The molecule has 0 aliphatic heterocycles. The van der Waals surface area contributed by atoms with Crippen molar-refractivity contribution in [1.82, 2.24) is 5.32 Å². The molecule has 0 bridgehead atoms. The number of benzene rings is 1.